The third-order valence-corrected chi connectivity index (χ3v) is 4.41. The minimum Gasteiger partial charge on any atom is -0.469 e. The lowest BCUT2D eigenvalue weighted by Crippen LogP contribution is -2.34. The van der Waals surface area contributed by atoms with Crippen molar-refractivity contribution in [3.05, 3.63) is 45.5 Å². The normalized spacial score (nSPS) is 12.3. The lowest BCUT2D eigenvalue weighted by Gasteiger charge is -2.19. The molecule has 0 aliphatic rings. The molecule has 2 aromatic heterocycles. The molecule has 0 atom stereocenters. The first-order chi connectivity index (χ1) is 9.83. The number of hydrogen-bond donors (Lipinski definition) is 1. The second-order valence-corrected chi connectivity index (χ2v) is 7.90. The number of rotatable bonds is 6. The third-order valence-electron chi connectivity index (χ3n) is 3.34. The second-order valence-electron chi connectivity index (χ2n) is 6.65. The van der Waals surface area contributed by atoms with Crippen LogP contribution >= 0.6 is 11.3 Å². The molecule has 0 aliphatic heterocycles. The summed E-state index contributed by atoms with van der Waals surface area (Å²) >= 11 is 1.89. The van der Waals surface area contributed by atoms with Crippen molar-refractivity contribution in [1.29, 1.82) is 0 Å². The maximum atomic E-state index is 5.35. The summed E-state index contributed by atoms with van der Waals surface area (Å²) in [4.78, 5) is 5.13. The third kappa shape index (κ3) is 5.30. The van der Waals surface area contributed by atoms with Crippen LogP contribution < -0.4 is 5.32 Å². The molecule has 0 radical (unpaired) electrons. The minimum absolute atomic E-state index is 0.166. The second kappa shape index (κ2) is 6.77. The highest BCUT2D eigenvalue weighted by atomic mass is 32.1. The fourth-order valence-corrected chi connectivity index (χ4v) is 3.18. The van der Waals surface area contributed by atoms with Gasteiger partial charge in [0, 0.05) is 40.5 Å². The molecule has 0 spiro atoms. The number of furan rings is 1. The molecule has 0 saturated heterocycles. The van der Waals surface area contributed by atoms with Gasteiger partial charge in [0.15, 0.2) is 0 Å². The Bertz CT molecular complexity index is 565. The van der Waals surface area contributed by atoms with E-state index in [-0.39, 0.29) is 5.54 Å². The van der Waals surface area contributed by atoms with E-state index in [0.29, 0.717) is 0 Å². The summed E-state index contributed by atoms with van der Waals surface area (Å²) in [6.45, 7) is 11.5. The fraction of sp³-hybridized carbons (Fsp3) is 0.529. The van der Waals surface area contributed by atoms with Gasteiger partial charge < -0.3 is 9.73 Å². The Balaban J connectivity index is 1.86. The van der Waals surface area contributed by atoms with Gasteiger partial charge in [0.05, 0.1) is 6.26 Å². The van der Waals surface area contributed by atoms with Gasteiger partial charge in [0.1, 0.15) is 5.76 Å². The summed E-state index contributed by atoms with van der Waals surface area (Å²) in [5.74, 6) is 1.02. The maximum Gasteiger partial charge on any atom is 0.105 e. The van der Waals surface area contributed by atoms with Crippen molar-refractivity contribution in [3.8, 4) is 0 Å². The van der Waals surface area contributed by atoms with Crippen molar-refractivity contribution in [3.63, 3.8) is 0 Å². The van der Waals surface area contributed by atoms with Crippen molar-refractivity contribution in [2.45, 2.75) is 52.9 Å². The standard InChI is InChI=1S/C17H26N2OS/c1-13-14(8-9-20-13)11-19(5)12-16-7-6-15(21-16)10-18-17(2,3)4/h6-9,18H,10-12H2,1-5H3. The van der Waals surface area contributed by atoms with Crippen LogP contribution in [0.15, 0.2) is 28.9 Å². The Kier molecular flexibility index (Phi) is 5.25. The molecule has 0 aliphatic carbocycles. The van der Waals surface area contributed by atoms with Crippen molar-refractivity contribution in [2.75, 3.05) is 7.05 Å². The van der Waals surface area contributed by atoms with E-state index in [2.05, 4.69) is 56.2 Å². The zero-order chi connectivity index (χ0) is 15.5. The molecule has 0 fully saturated rings. The highest BCUT2D eigenvalue weighted by molar-refractivity contribution is 7.11. The molecule has 21 heavy (non-hydrogen) atoms. The van der Waals surface area contributed by atoms with E-state index in [0.717, 1.165) is 25.4 Å². The molecule has 2 aromatic rings. The molecule has 4 heteroatoms. The van der Waals surface area contributed by atoms with E-state index >= 15 is 0 Å². The first-order valence-corrected chi connectivity index (χ1v) is 8.19. The van der Waals surface area contributed by atoms with Gasteiger partial charge in [0.2, 0.25) is 0 Å². The Morgan fingerprint density at radius 3 is 2.48 bits per heavy atom. The fourth-order valence-electron chi connectivity index (χ4n) is 2.14. The predicted molar refractivity (Wildman–Crippen MR) is 89.5 cm³/mol. The molecule has 2 rings (SSSR count). The molecule has 0 aromatic carbocycles. The lowest BCUT2D eigenvalue weighted by molar-refractivity contribution is 0.319. The molecule has 3 nitrogen and oxygen atoms in total. The smallest absolute Gasteiger partial charge is 0.105 e. The number of hydrogen-bond acceptors (Lipinski definition) is 4. The first-order valence-electron chi connectivity index (χ1n) is 7.37. The largest absolute Gasteiger partial charge is 0.469 e. The summed E-state index contributed by atoms with van der Waals surface area (Å²) in [6, 6.07) is 6.53. The van der Waals surface area contributed by atoms with Gasteiger partial charge in [-0.05, 0) is 52.9 Å². The van der Waals surface area contributed by atoms with Gasteiger partial charge >= 0.3 is 0 Å². The predicted octanol–water partition coefficient (Wildman–Crippen LogP) is 4.17. The summed E-state index contributed by atoms with van der Waals surface area (Å²) in [5.41, 5.74) is 1.43. The Morgan fingerprint density at radius 2 is 1.86 bits per heavy atom. The Hall–Kier alpha value is -1.10. The van der Waals surface area contributed by atoms with E-state index in [1.807, 2.05) is 18.3 Å². The van der Waals surface area contributed by atoms with Crippen LogP contribution in [0.4, 0.5) is 0 Å². The van der Waals surface area contributed by atoms with E-state index in [4.69, 9.17) is 4.42 Å². The zero-order valence-electron chi connectivity index (χ0n) is 13.7. The van der Waals surface area contributed by atoms with Gasteiger partial charge in [-0.1, -0.05) is 0 Å². The van der Waals surface area contributed by atoms with Crippen molar-refractivity contribution < 1.29 is 4.42 Å². The number of aryl methyl sites for hydroxylation is 1. The van der Waals surface area contributed by atoms with Crippen LogP contribution in [0, 0.1) is 6.92 Å². The molecule has 0 amide bonds. The molecule has 0 unspecified atom stereocenters. The molecular weight excluding hydrogens is 280 g/mol. The van der Waals surface area contributed by atoms with Gasteiger partial charge in [0.25, 0.3) is 0 Å². The zero-order valence-corrected chi connectivity index (χ0v) is 14.5. The summed E-state index contributed by atoms with van der Waals surface area (Å²) < 4.78 is 5.35. The number of nitrogens with zero attached hydrogens (tertiary/aromatic N) is 1. The highest BCUT2D eigenvalue weighted by Crippen LogP contribution is 2.20. The topological polar surface area (TPSA) is 28.4 Å². The minimum atomic E-state index is 0.166. The van der Waals surface area contributed by atoms with E-state index in [9.17, 15) is 0 Å². The average Bonchev–Trinajstić information content (AvgIpc) is 2.96. The van der Waals surface area contributed by atoms with E-state index < -0.39 is 0 Å². The van der Waals surface area contributed by atoms with E-state index in [1.165, 1.54) is 15.3 Å². The molecule has 116 valence electrons. The number of nitrogens with one attached hydrogen (secondary N) is 1. The monoisotopic (exact) mass is 306 g/mol. The SMILES string of the molecule is Cc1occc1CN(C)Cc1ccc(CNC(C)(C)C)s1. The summed E-state index contributed by atoms with van der Waals surface area (Å²) in [7, 11) is 2.15. The van der Waals surface area contributed by atoms with E-state index in [1.54, 1.807) is 6.26 Å². The van der Waals surface area contributed by atoms with Crippen LogP contribution in [-0.2, 0) is 19.6 Å². The van der Waals surface area contributed by atoms with Crippen LogP contribution in [-0.4, -0.2) is 17.5 Å². The van der Waals surface area contributed by atoms with Gasteiger partial charge in [-0.15, -0.1) is 11.3 Å². The van der Waals surface area contributed by atoms with Crippen molar-refractivity contribution in [2.24, 2.45) is 0 Å². The van der Waals surface area contributed by atoms with Gasteiger partial charge in [-0.2, -0.15) is 0 Å². The van der Waals surface area contributed by atoms with Gasteiger partial charge in [-0.3, -0.25) is 4.90 Å². The Morgan fingerprint density at radius 1 is 1.14 bits per heavy atom. The molecule has 2 heterocycles. The summed E-state index contributed by atoms with van der Waals surface area (Å²) in [5, 5.41) is 3.53. The number of thiophene rings is 1. The molecular formula is C17H26N2OS. The maximum absolute atomic E-state index is 5.35. The van der Waals surface area contributed by atoms with Crippen LogP contribution in [0.25, 0.3) is 0 Å². The molecule has 1 N–H and O–H groups in total. The van der Waals surface area contributed by atoms with Crippen molar-refractivity contribution >= 4 is 11.3 Å². The van der Waals surface area contributed by atoms with Crippen LogP contribution in [0.3, 0.4) is 0 Å². The first kappa shape index (κ1) is 16.3. The van der Waals surface area contributed by atoms with Crippen LogP contribution in [0.1, 0.15) is 41.8 Å². The van der Waals surface area contributed by atoms with Crippen molar-refractivity contribution in [1.82, 2.24) is 10.2 Å². The Labute approximate surface area is 132 Å². The summed E-state index contributed by atoms with van der Waals surface area (Å²) in [6.07, 6.45) is 1.76. The highest BCUT2D eigenvalue weighted by Gasteiger charge is 2.11. The molecule has 0 saturated carbocycles. The molecule has 0 bridgehead atoms. The van der Waals surface area contributed by atoms with Crippen LogP contribution in [0.2, 0.25) is 0 Å². The quantitative estimate of drug-likeness (QED) is 0.868. The lowest BCUT2D eigenvalue weighted by atomic mass is 10.1. The van der Waals surface area contributed by atoms with Gasteiger partial charge in [-0.25, -0.2) is 0 Å². The van der Waals surface area contributed by atoms with Crippen LogP contribution in [0.5, 0.6) is 0 Å². The average molecular weight is 306 g/mol.